The van der Waals surface area contributed by atoms with Gasteiger partial charge in [0.1, 0.15) is 0 Å². The third-order valence-electron chi connectivity index (χ3n) is 1.53. The molecule has 0 aliphatic carbocycles. The van der Waals surface area contributed by atoms with Gasteiger partial charge in [-0.25, -0.2) is 8.42 Å². The Labute approximate surface area is 110 Å². The maximum Gasteiger partial charge on any atom is 1.00 e. The van der Waals surface area contributed by atoms with Gasteiger partial charge in [0.15, 0.2) is 16.7 Å². The smallest absolute Gasteiger partial charge is 0.743 e. The topological polar surface area (TPSA) is 66.4 Å². The fourth-order valence-electron chi connectivity index (χ4n) is 0.409. The largest absolute Gasteiger partial charge is 1.00 e. The Kier molecular flexibility index (Phi) is 7.25. The second-order valence-electron chi connectivity index (χ2n) is 2.94. The quantitative estimate of drug-likeness (QED) is 0.345. The Bertz CT molecular complexity index is 333. The maximum absolute atomic E-state index is 12.5. The summed E-state index contributed by atoms with van der Waals surface area (Å²) in [7, 11) is -5.65. The second-order valence-corrected chi connectivity index (χ2v) is 4.44. The van der Waals surface area contributed by atoms with Crippen LogP contribution in [0.4, 0.5) is 8.78 Å². The van der Waals surface area contributed by atoms with Gasteiger partial charge in [0, 0.05) is 0 Å². The number of hydrogen-bond acceptors (Lipinski definition) is 4. The molecule has 0 aliphatic heterocycles. The van der Waals surface area contributed by atoms with Crippen LogP contribution in [0.15, 0.2) is 11.3 Å². The number of allylic oxidation sites excluding steroid dienone is 2. The molecule has 0 amide bonds. The molecule has 0 atom stereocenters. The van der Waals surface area contributed by atoms with Crippen LogP contribution in [-0.4, -0.2) is 24.8 Å². The van der Waals surface area contributed by atoms with Crippen LogP contribution in [-0.2, 0) is 14.9 Å². The molecule has 0 aromatic rings. The summed E-state index contributed by atoms with van der Waals surface area (Å²) in [5.41, 5.74) is 0.629. The van der Waals surface area contributed by atoms with Crippen molar-refractivity contribution in [1.82, 2.24) is 0 Å². The van der Waals surface area contributed by atoms with E-state index in [0.717, 1.165) is 0 Å². The van der Waals surface area contributed by atoms with Crippen molar-refractivity contribution in [3.05, 3.63) is 11.3 Å². The standard InChI is InChI=1S/C7H12F2O4S.Na/c1-5(2)6(3)13-4-7(8,9)14(10,11)12;/h4H2,1-3H3,(H,10,11,12);/q;+1/p-1. The molecule has 84 valence electrons. The summed E-state index contributed by atoms with van der Waals surface area (Å²) in [4.78, 5) is 0. The Morgan fingerprint density at radius 3 is 2.00 bits per heavy atom. The fourth-order valence-corrected chi connectivity index (χ4v) is 0.612. The molecule has 4 nitrogen and oxygen atoms in total. The predicted molar refractivity (Wildman–Crippen MR) is 44.6 cm³/mol. The first-order valence-electron chi connectivity index (χ1n) is 3.68. The minimum atomic E-state index is -5.65. The molecular weight excluding hydrogens is 241 g/mol. The molecule has 0 aliphatic rings. The van der Waals surface area contributed by atoms with Crippen LogP contribution >= 0.6 is 0 Å². The average molecular weight is 252 g/mol. The molecule has 0 spiro atoms. The molecule has 0 fully saturated rings. The second kappa shape index (κ2) is 6.15. The number of alkyl halides is 2. The first kappa shape index (κ1) is 17.7. The van der Waals surface area contributed by atoms with Crippen molar-refractivity contribution in [2.24, 2.45) is 0 Å². The Balaban J connectivity index is 0. The van der Waals surface area contributed by atoms with Crippen LogP contribution in [0, 0.1) is 0 Å². The van der Waals surface area contributed by atoms with E-state index in [1.165, 1.54) is 6.92 Å². The average Bonchev–Trinajstić information content (AvgIpc) is 1.97. The molecule has 0 saturated heterocycles. The van der Waals surface area contributed by atoms with E-state index < -0.39 is 22.0 Å². The summed E-state index contributed by atoms with van der Waals surface area (Å²) in [5.74, 6) is 0.174. The van der Waals surface area contributed by atoms with Crippen LogP contribution in [0.3, 0.4) is 0 Å². The molecule has 0 bridgehead atoms. The Morgan fingerprint density at radius 1 is 1.33 bits per heavy atom. The van der Waals surface area contributed by atoms with Gasteiger partial charge in [0.05, 0.1) is 5.76 Å². The molecule has 0 heterocycles. The minimum Gasteiger partial charge on any atom is -0.743 e. The zero-order valence-corrected chi connectivity index (χ0v) is 11.8. The third-order valence-corrected chi connectivity index (χ3v) is 2.38. The number of ether oxygens (including phenoxy) is 1. The first-order chi connectivity index (χ1) is 6.08. The minimum absolute atomic E-state index is 0. The summed E-state index contributed by atoms with van der Waals surface area (Å²) >= 11 is 0. The molecular formula is C7H11F2NaO4S. The van der Waals surface area contributed by atoms with Crippen molar-refractivity contribution >= 4 is 10.1 Å². The Hall–Kier alpha value is 0.310. The molecule has 0 radical (unpaired) electrons. The Morgan fingerprint density at radius 2 is 1.73 bits per heavy atom. The zero-order valence-electron chi connectivity index (χ0n) is 9.00. The summed E-state index contributed by atoms with van der Waals surface area (Å²) in [5, 5.41) is -4.39. The van der Waals surface area contributed by atoms with Crippen molar-refractivity contribution in [3.8, 4) is 0 Å². The van der Waals surface area contributed by atoms with Gasteiger partial charge in [-0.05, 0) is 26.3 Å². The molecule has 15 heavy (non-hydrogen) atoms. The van der Waals surface area contributed by atoms with Crippen molar-refractivity contribution < 1.29 is 56.0 Å². The van der Waals surface area contributed by atoms with Gasteiger partial charge in [-0.1, -0.05) is 0 Å². The van der Waals surface area contributed by atoms with Gasteiger partial charge < -0.3 is 9.29 Å². The van der Waals surface area contributed by atoms with E-state index in [9.17, 15) is 21.8 Å². The molecule has 0 N–H and O–H groups in total. The molecule has 0 aromatic heterocycles. The van der Waals surface area contributed by atoms with Crippen LogP contribution in [0.1, 0.15) is 20.8 Å². The third kappa shape index (κ3) is 5.82. The maximum atomic E-state index is 12.5. The first-order valence-corrected chi connectivity index (χ1v) is 5.09. The van der Waals surface area contributed by atoms with Crippen LogP contribution < -0.4 is 29.6 Å². The van der Waals surface area contributed by atoms with Gasteiger partial charge in [0.2, 0.25) is 0 Å². The van der Waals surface area contributed by atoms with Crippen molar-refractivity contribution in [2.75, 3.05) is 6.61 Å². The van der Waals surface area contributed by atoms with E-state index in [2.05, 4.69) is 4.74 Å². The zero-order chi connectivity index (χ0) is 11.6. The number of halogens is 2. The SMILES string of the molecule is CC(C)=C(C)OCC(F)(F)S(=O)(=O)[O-].[Na+]. The van der Waals surface area contributed by atoms with E-state index in [1.807, 2.05) is 0 Å². The van der Waals surface area contributed by atoms with Crippen LogP contribution in [0.2, 0.25) is 0 Å². The summed E-state index contributed by atoms with van der Waals surface area (Å²) < 4.78 is 59.6. The van der Waals surface area contributed by atoms with E-state index >= 15 is 0 Å². The van der Waals surface area contributed by atoms with Crippen molar-refractivity contribution in [2.45, 2.75) is 26.0 Å². The molecule has 0 saturated carbocycles. The van der Waals surface area contributed by atoms with Gasteiger partial charge in [0.25, 0.3) is 0 Å². The molecule has 8 heteroatoms. The fraction of sp³-hybridized carbons (Fsp3) is 0.714. The van der Waals surface area contributed by atoms with Gasteiger partial charge in [-0.15, -0.1) is 0 Å². The molecule has 0 rings (SSSR count). The summed E-state index contributed by atoms with van der Waals surface area (Å²) in [6.07, 6.45) is 0. The predicted octanol–water partition coefficient (Wildman–Crippen LogP) is -1.54. The van der Waals surface area contributed by atoms with Gasteiger partial charge in [-0.2, -0.15) is 8.78 Å². The van der Waals surface area contributed by atoms with Crippen molar-refractivity contribution in [3.63, 3.8) is 0 Å². The van der Waals surface area contributed by atoms with Gasteiger partial charge in [-0.3, -0.25) is 0 Å². The normalized spacial score (nSPS) is 11.6. The van der Waals surface area contributed by atoms with E-state index in [4.69, 9.17) is 0 Å². The van der Waals surface area contributed by atoms with Crippen LogP contribution in [0.5, 0.6) is 0 Å². The number of hydrogen-bond donors (Lipinski definition) is 0. The van der Waals surface area contributed by atoms with E-state index in [1.54, 1.807) is 13.8 Å². The summed E-state index contributed by atoms with van der Waals surface area (Å²) in [6.45, 7) is 3.18. The summed E-state index contributed by atoms with van der Waals surface area (Å²) in [6, 6.07) is 0. The van der Waals surface area contributed by atoms with E-state index in [0.29, 0.717) is 5.57 Å². The molecule has 0 unspecified atom stereocenters. The van der Waals surface area contributed by atoms with Gasteiger partial charge >= 0.3 is 34.8 Å². The van der Waals surface area contributed by atoms with E-state index in [-0.39, 0.29) is 35.3 Å². The monoisotopic (exact) mass is 252 g/mol. The number of rotatable bonds is 4. The van der Waals surface area contributed by atoms with Crippen LogP contribution in [0.25, 0.3) is 0 Å². The van der Waals surface area contributed by atoms with Crippen molar-refractivity contribution in [1.29, 1.82) is 0 Å². The molecule has 0 aromatic carbocycles.